The summed E-state index contributed by atoms with van der Waals surface area (Å²) < 4.78 is 1.40. The fourth-order valence-electron chi connectivity index (χ4n) is 3.30. The van der Waals surface area contributed by atoms with E-state index < -0.39 is 11.9 Å². The maximum Gasteiger partial charge on any atom is 0.272 e. The molecule has 2 aromatic carbocycles. The maximum atomic E-state index is 12.8. The van der Waals surface area contributed by atoms with E-state index in [2.05, 4.69) is 15.6 Å². The molecule has 2 amide bonds. The fourth-order valence-corrected chi connectivity index (χ4v) is 3.30. The largest absolute Gasteiger partial charge is 0.352 e. The number of carbonyl (C=O) groups is 2. The first-order chi connectivity index (χ1) is 14.3. The van der Waals surface area contributed by atoms with Crippen LogP contribution in [0.5, 0.6) is 0 Å². The van der Waals surface area contributed by atoms with Crippen LogP contribution in [-0.4, -0.2) is 33.4 Å². The summed E-state index contributed by atoms with van der Waals surface area (Å²) in [7, 11) is 0. The third-order valence-electron chi connectivity index (χ3n) is 4.68. The second-order valence-electron chi connectivity index (χ2n) is 7.55. The predicted molar refractivity (Wildman–Crippen MR) is 116 cm³/mol. The number of nitrogens with one attached hydrogen (secondary N) is 2. The summed E-state index contributed by atoms with van der Waals surface area (Å²) in [5.74, 6) is -0.669. The molecule has 0 fully saturated rings. The van der Waals surface area contributed by atoms with Crippen molar-refractivity contribution in [3.05, 3.63) is 76.2 Å². The molecule has 1 aromatic heterocycles. The standard InChI is InChI=1S/C23H26N4O3/c1-15(2)24-22(29)19(13-17-9-5-4-6-10-17)26-21(28)14-27-20-12-8-7-11-18(20)25-16(3)23(27)30/h4-12,15,19H,13-14H2,1-3H3,(H,24,29)(H,26,28)/t19-/m0/s1. The molecule has 0 aliphatic rings. The minimum atomic E-state index is -0.743. The van der Waals surface area contributed by atoms with Gasteiger partial charge in [0.05, 0.1) is 11.0 Å². The Bertz CT molecular complexity index is 1110. The number of aryl methyl sites for hydroxylation is 1. The van der Waals surface area contributed by atoms with E-state index in [0.29, 0.717) is 23.1 Å². The fraction of sp³-hybridized carbons (Fsp3) is 0.304. The lowest BCUT2D eigenvalue weighted by molar-refractivity contribution is -0.129. The highest BCUT2D eigenvalue weighted by atomic mass is 16.2. The zero-order valence-electron chi connectivity index (χ0n) is 17.4. The van der Waals surface area contributed by atoms with Crippen LogP contribution in [0.15, 0.2) is 59.4 Å². The second kappa shape index (κ2) is 9.35. The molecular weight excluding hydrogens is 380 g/mol. The molecule has 0 aliphatic carbocycles. The molecule has 156 valence electrons. The van der Waals surface area contributed by atoms with Crippen molar-refractivity contribution < 1.29 is 9.59 Å². The molecular formula is C23H26N4O3. The molecule has 1 heterocycles. The molecule has 0 radical (unpaired) electrons. The number of carbonyl (C=O) groups excluding carboxylic acids is 2. The van der Waals surface area contributed by atoms with E-state index >= 15 is 0 Å². The number of para-hydroxylation sites is 2. The lowest BCUT2D eigenvalue weighted by Gasteiger charge is -2.21. The third kappa shape index (κ3) is 5.11. The van der Waals surface area contributed by atoms with Crippen LogP contribution in [0.3, 0.4) is 0 Å². The number of hydrogen-bond acceptors (Lipinski definition) is 4. The molecule has 7 nitrogen and oxygen atoms in total. The van der Waals surface area contributed by atoms with Gasteiger partial charge in [-0.05, 0) is 38.5 Å². The Morgan fingerprint density at radius 3 is 2.37 bits per heavy atom. The molecule has 2 N–H and O–H groups in total. The summed E-state index contributed by atoms with van der Waals surface area (Å²) in [4.78, 5) is 42.4. The quantitative estimate of drug-likeness (QED) is 0.627. The minimum Gasteiger partial charge on any atom is -0.352 e. The van der Waals surface area contributed by atoms with Gasteiger partial charge in [-0.2, -0.15) is 0 Å². The van der Waals surface area contributed by atoms with Crippen molar-refractivity contribution in [1.29, 1.82) is 0 Å². The Hall–Kier alpha value is -3.48. The van der Waals surface area contributed by atoms with Crippen molar-refractivity contribution in [2.75, 3.05) is 0 Å². The average Bonchev–Trinajstić information content (AvgIpc) is 2.71. The first-order valence-corrected chi connectivity index (χ1v) is 9.95. The molecule has 3 aromatic rings. The van der Waals surface area contributed by atoms with Gasteiger partial charge in [0.2, 0.25) is 11.8 Å². The average molecular weight is 406 g/mol. The number of hydrogen-bond donors (Lipinski definition) is 2. The van der Waals surface area contributed by atoms with Crippen LogP contribution in [0, 0.1) is 6.92 Å². The first-order valence-electron chi connectivity index (χ1n) is 9.95. The van der Waals surface area contributed by atoms with Gasteiger partial charge >= 0.3 is 0 Å². The second-order valence-corrected chi connectivity index (χ2v) is 7.55. The monoisotopic (exact) mass is 406 g/mol. The maximum absolute atomic E-state index is 12.8. The highest BCUT2D eigenvalue weighted by molar-refractivity contribution is 5.88. The van der Waals surface area contributed by atoms with Gasteiger partial charge in [-0.1, -0.05) is 42.5 Å². The Morgan fingerprint density at radius 2 is 1.67 bits per heavy atom. The van der Waals surface area contributed by atoms with Crippen molar-refractivity contribution in [3.63, 3.8) is 0 Å². The Balaban J connectivity index is 1.84. The van der Waals surface area contributed by atoms with E-state index in [1.165, 1.54) is 4.57 Å². The summed E-state index contributed by atoms with van der Waals surface area (Å²) in [5, 5.41) is 5.65. The van der Waals surface area contributed by atoms with Crippen LogP contribution in [0.4, 0.5) is 0 Å². The van der Waals surface area contributed by atoms with Gasteiger partial charge in [0.25, 0.3) is 5.56 Å². The highest BCUT2D eigenvalue weighted by Gasteiger charge is 2.22. The molecule has 0 spiro atoms. The van der Waals surface area contributed by atoms with Crippen molar-refractivity contribution in [1.82, 2.24) is 20.2 Å². The lowest BCUT2D eigenvalue weighted by Crippen LogP contribution is -2.50. The molecule has 0 saturated heterocycles. The zero-order valence-corrected chi connectivity index (χ0v) is 17.4. The van der Waals surface area contributed by atoms with Crippen LogP contribution in [0.25, 0.3) is 11.0 Å². The minimum absolute atomic E-state index is 0.0536. The van der Waals surface area contributed by atoms with Crippen LogP contribution in [0.1, 0.15) is 25.1 Å². The summed E-state index contributed by atoms with van der Waals surface area (Å²) in [6.45, 7) is 5.16. The molecule has 30 heavy (non-hydrogen) atoms. The molecule has 0 saturated carbocycles. The van der Waals surface area contributed by atoms with Crippen LogP contribution >= 0.6 is 0 Å². The van der Waals surface area contributed by atoms with Crippen molar-refractivity contribution in [2.45, 2.75) is 45.8 Å². The first kappa shape index (κ1) is 21.2. The SMILES string of the molecule is Cc1nc2ccccc2n(CC(=O)N[C@@H](Cc2ccccc2)C(=O)NC(C)C)c1=O. The number of rotatable bonds is 7. The van der Waals surface area contributed by atoms with E-state index in [1.54, 1.807) is 25.1 Å². The normalized spacial score (nSPS) is 12.0. The van der Waals surface area contributed by atoms with E-state index in [4.69, 9.17) is 0 Å². The van der Waals surface area contributed by atoms with Crippen molar-refractivity contribution >= 4 is 22.8 Å². The van der Waals surface area contributed by atoms with Gasteiger partial charge in [0.1, 0.15) is 18.3 Å². The molecule has 1 atom stereocenters. The van der Waals surface area contributed by atoms with Gasteiger partial charge in [-0.15, -0.1) is 0 Å². The highest BCUT2D eigenvalue weighted by Crippen LogP contribution is 2.10. The predicted octanol–water partition coefficient (Wildman–Crippen LogP) is 1.96. The van der Waals surface area contributed by atoms with E-state index in [0.717, 1.165) is 5.56 Å². The van der Waals surface area contributed by atoms with E-state index in [9.17, 15) is 14.4 Å². The van der Waals surface area contributed by atoms with Gasteiger partial charge in [0, 0.05) is 12.5 Å². The van der Waals surface area contributed by atoms with Gasteiger partial charge < -0.3 is 10.6 Å². The molecule has 0 unspecified atom stereocenters. The Labute approximate surface area is 175 Å². The molecule has 7 heteroatoms. The van der Waals surface area contributed by atoms with E-state index in [-0.39, 0.29) is 24.1 Å². The Morgan fingerprint density at radius 1 is 1.00 bits per heavy atom. The summed E-state index contributed by atoms with van der Waals surface area (Å²) in [6.07, 6.45) is 0.357. The van der Waals surface area contributed by atoms with Crippen molar-refractivity contribution in [2.24, 2.45) is 0 Å². The van der Waals surface area contributed by atoms with Crippen LogP contribution in [-0.2, 0) is 22.6 Å². The van der Waals surface area contributed by atoms with Gasteiger partial charge in [-0.25, -0.2) is 4.98 Å². The summed E-state index contributed by atoms with van der Waals surface area (Å²) in [6, 6.07) is 15.9. The lowest BCUT2D eigenvalue weighted by atomic mass is 10.0. The topological polar surface area (TPSA) is 93.1 Å². The smallest absolute Gasteiger partial charge is 0.272 e. The van der Waals surface area contributed by atoms with Gasteiger partial charge in [-0.3, -0.25) is 19.0 Å². The summed E-state index contributed by atoms with van der Waals surface area (Å²) >= 11 is 0. The van der Waals surface area contributed by atoms with E-state index in [1.807, 2.05) is 50.2 Å². The number of amides is 2. The number of benzene rings is 2. The number of nitrogens with zero attached hydrogens (tertiary/aromatic N) is 2. The Kier molecular flexibility index (Phi) is 6.61. The molecule has 0 aliphatic heterocycles. The van der Waals surface area contributed by atoms with Crippen LogP contribution < -0.4 is 16.2 Å². The zero-order chi connectivity index (χ0) is 21.7. The molecule has 3 rings (SSSR count). The number of aromatic nitrogens is 2. The van der Waals surface area contributed by atoms with Gasteiger partial charge in [0.15, 0.2) is 0 Å². The third-order valence-corrected chi connectivity index (χ3v) is 4.68. The summed E-state index contributed by atoms with van der Waals surface area (Å²) in [5.41, 5.74) is 2.15. The number of fused-ring (bicyclic) bond motifs is 1. The van der Waals surface area contributed by atoms with Crippen LogP contribution in [0.2, 0.25) is 0 Å². The van der Waals surface area contributed by atoms with Crippen molar-refractivity contribution in [3.8, 4) is 0 Å². The molecule has 0 bridgehead atoms.